The van der Waals surface area contributed by atoms with E-state index in [1.807, 2.05) is 56.3 Å². The number of aliphatic carboxylic acids is 1. The van der Waals surface area contributed by atoms with Crippen LogP contribution in [0.25, 0.3) is 0 Å². The molecule has 3 rings (SSSR count). The Hall–Kier alpha value is -3.16. The van der Waals surface area contributed by atoms with Gasteiger partial charge in [-0.25, -0.2) is 4.21 Å². The van der Waals surface area contributed by atoms with Crippen LogP contribution in [0.15, 0.2) is 71.6 Å². The third kappa shape index (κ3) is 7.41. The zero-order chi connectivity index (χ0) is 25.4. The molecule has 8 heteroatoms. The maximum absolute atomic E-state index is 13.6. The number of hydrogen-bond donors (Lipinski definition) is 2. The predicted octanol–water partition coefficient (Wildman–Crippen LogP) is 5.07. The molecule has 0 aliphatic heterocycles. The lowest BCUT2D eigenvalue weighted by Crippen LogP contribution is -2.38. The molecule has 3 aromatic rings. The van der Waals surface area contributed by atoms with Gasteiger partial charge in [0.05, 0.1) is 10.6 Å². The van der Waals surface area contributed by atoms with Gasteiger partial charge >= 0.3 is 5.97 Å². The quantitative estimate of drug-likeness (QED) is 0.375. The van der Waals surface area contributed by atoms with Crippen molar-refractivity contribution in [2.45, 2.75) is 44.6 Å². The summed E-state index contributed by atoms with van der Waals surface area (Å²) in [5.41, 5.74) is 4.30. The van der Waals surface area contributed by atoms with Gasteiger partial charge in [-0.15, -0.1) is 0 Å². The third-order valence-corrected chi connectivity index (χ3v) is 7.29. The summed E-state index contributed by atoms with van der Waals surface area (Å²) in [6, 6.07) is 20.3. The molecule has 2 N–H and O–H groups in total. The van der Waals surface area contributed by atoms with Crippen LogP contribution < -0.4 is 9.62 Å². The number of hydrogen-bond acceptors (Lipinski definition) is 3. The Morgan fingerprint density at radius 2 is 1.71 bits per heavy atom. The normalized spacial score (nSPS) is 11.6. The number of carboxylic acid groups (broad SMARTS) is 1. The summed E-state index contributed by atoms with van der Waals surface area (Å²) in [6.07, 6.45) is 1.10. The second kappa shape index (κ2) is 12.5. The second-order valence-corrected chi connectivity index (χ2v) is 10.00. The molecule has 1 amide bonds. The smallest absolute Gasteiger partial charge is 0.303 e. The highest BCUT2D eigenvalue weighted by molar-refractivity contribution is 7.86. The van der Waals surface area contributed by atoms with Gasteiger partial charge in [0.2, 0.25) is 5.91 Å². The summed E-state index contributed by atoms with van der Waals surface area (Å²) in [5, 5.41) is 12.4. The van der Waals surface area contributed by atoms with E-state index in [1.165, 1.54) is 0 Å². The molecule has 0 aliphatic carbocycles. The van der Waals surface area contributed by atoms with Gasteiger partial charge in [0.1, 0.15) is 6.54 Å². The van der Waals surface area contributed by atoms with E-state index in [2.05, 4.69) is 5.32 Å². The number of carbonyl (C=O) groups excluding carboxylic acids is 1. The molecular weight excluding hydrogens is 484 g/mol. The van der Waals surface area contributed by atoms with Crippen LogP contribution in [0.5, 0.6) is 0 Å². The van der Waals surface area contributed by atoms with Crippen molar-refractivity contribution in [2.24, 2.45) is 0 Å². The summed E-state index contributed by atoms with van der Waals surface area (Å²) in [7, 11) is -1.62. The molecule has 0 aromatic heterocycles. The Bertz CT molecular complexity index is 1210. The van der Waals surface area contributed by atoms with Gasteiger partial charge in [0.15, 0.2) is 11.0 Å². The van der Waals surface area contributed by atoms with Gasteiger partial charge in [-0.3, -0.25) is 13.9 Å². The van der Waals surface area contributed by atoms with Crippen molar-refractivity contribution in [1.82, 2.24) is 5.32 Å². The Balaban J connectivity index is 1.79. The number of halogens is 1. The molecule has 3 aromatic carbocycles. The topological polar surface area (TPSA) is 86.7 Å². The van der Waals surface area contributed by atoms with E-state index >= 15 is 0 Å². The maximum Gasteiger partial charge on any atom is 0.303 e. The van der Waals surface area contributed by atoms with Gasteiger partial charge < -0.3 is 10.4 Å². The molecule has 184 valence electrons. The van der Waals surface area contributed by atoms with Crippen molar-refractivity contribution in [3.8, 4) is 0 Å². The van der Waals surface area contributed by atoms with Crippen LogP contribution >= 0.6 is 11.6 Å². The summed E-state index contributed by atoms with van der Waals surface area (Å²) < 4.78 is 15.2. The lowest BCUT2D eigenvalue weighted by Gasteiger charge is -2.26. The van der Waals surface area contributed by atoms with E-state index in [9.17, 15) is 13.8 Å². The van der Waals surface area contributed by atoms with Gasteiger partial charge in [-0.05, 0) is 60.7 Å². The zero-order valence-corrected chi connectivity index (χ0v) is 21.4. The minimum absolute atomic E-state index is 0.0506. The van der Waals surface area contributed by atoms with Crippen LogP contribution in [-0.4, -0.2) is 27.7 Å². The molecule has 0 spiro atoms. The highest BCUT2D eigenvalue weighted by Gasteiger charge is 2.22. The summed E-state index contributed by atoms with van der Waals surface area (Å²) >= 11 is 6.42. The molecule has 0 aliphatic rings. The first-order valence-electron chi connectivity index (χ1n) is 11.4. The van der Waals surface area contributed by atoms with Crippen molar-refractivity contribution in [1.29, 1.82) is 0 Å². The molecule has 1 atom stereocenters. The van der Waals surface area contributed by atoms with Crippen LogP contribution in [-0.2, 0) is 40.0 Å². The van der Waals surface area contributed by atoms with Gasteiger partial charge in [-0.2, -0.15) is 0 Å². The van der Waals surface area contributed by atoms with Gasteiger partial charge in [-0.1, -0.05) is 66.6 Å². The first-order valence-corrected chi connectivity index (χ1v) is 12.9. The van der Waals surface area contributed by atoms with E-state index < -0.39 is 17.0 Å². The molecular formula is C27H29ClN2O4S. The fourth-order valence-corrected chi connectivity index (χ4v) is 5.19. The van der Waals surface area contributed by atoms with Crippen LogP contribution in [0.1, 0.15) is 35.6 Å². The van der Waals surface area contributed by atoms with Gasteiger partial charge in [0.25, 0.3) is 0 Å². The Labute approximate surface area is 213 Å². The molecule has 6 nitrogen and oxygen atoms in total. The van der Waals surface area contributed by atoms with E-state index in [1.54, 1.807) is 28.6 Å². The predicted molar refractivity (Wildman–Crippen MR) is 140 cm³/mol. The average molecular weight is 513 g/mol. The zero-order valence-electron chi connectivity index (χ0n) is 19.8. The number of anilines is 1. The monoisotopic (exact) mass is 512 g/mol. The Morgan fingerprint density at radius 3 is 2.40 bits per heavy atom. The second-order valence-electron chi connectivity index (χ2n) is 8.18. The van der Waals surface area contributed by atoms with Crippen LogP contribution in [0.3, 0.4) is 0 Å². The number of rotatable bonds is 11. The highest BCUT2D eigenvalue weighted by Crippen LogP contribution is 2.30. The first kappa shape index (κ1) is 26.4. The number of carbonyl (C=O) groups is 2. The summed E-state index contributed by atoms with van der Waals surface area (Å²) in [6.45, 7) is 4.09. The van der Waals surface area contributed by atoms with Crippen LogP contribution in [0, 0.1) is 6.92 Å². The third-order valence-electron chi connectivity index (χ3n) is 5.53. The largest absolute Gasteiger partial charge is 0.481 e. The SMILES string of the molecule is CCc1c(Cl)cccc1N(CC(=O)NCc1cccc(CCC(=O)O)c1)S(=O)c1ccc(C)cc1. The van der Waals surface area contributed by atoms with Crippen molar-refractivity contribution in [3.63, 3.8) is 0 Å². The van der Waals surface area contributed by atoms with Crippen molar-refractivity contribution >= 4 is 40.2 Å². The van der Waals surface area contributed by atoms with Crippen molar-refractivity contribution < 1.29 is 18.9 Å². The van der Waals surface area contributed by atoms with Crippen molar-refractivity contribution in [3.05, 3.63) is 94.0 Å². The molecule has 0 saturated heterocycles. The van der Waals surface area contributed by atoms with Crippen LogP contribution in [0.2, 0.25) is 5.02 Å². The highest BCUT2D eigenvalue weighted by atomic mass is 35.5. The fourth-order valence-electron chi connectivity index (χ4n) is 3.68. The molecule has 0 saturated carbocycles. The molecule has 0 heterocycles. The number of carboxylic acids is 1. The van der Waals surface area contributed by atoms with Gasteiger partial charge in [0, 0.05) is 18.0 Å². The molecule has 0 radical (unpaired) electrons. The number of benzene rings is 3. The van der Waals surface area contributed by atoms with Crippen molar-refractivity contribution in [2.75, 3.05) is 10.8 Å². The van der Waals surface area contributed by atoms with E-state index in [0.717, 1.165) is 22.3 Å². The minimum atomic E-state index is -1.62. The number of nitrogens with one attached hydrogen (secondary N) is 1. The molecule has 0 fully saturated rings. The number of aryl methyl sites for hydroxylation is 2. The first-order chi connectivity index (χ1) is 16.8. The van der Waals surface area contributed by atoms with E-state index in [4.69, 9.17) is 16.7 Å². The van der Waals surface area contributed by atoms with E-state index in [-0.39, 0.29) is 25.4 Å². The summed E-state index contributed by atoms with van der Waals surface area (Å²) in [5.74, 6) is -1.14. The van der Waals surface area contributed by atoms with Crippen LogP contribution in [0.4, 0.5) is 5.69 Å². The van der Waals surface area contributed by atoms with E-state index in [0.29, 0.717) is 28.4 Å². The molecule has 1 unspecified atom stereocenters. The summed E-state index contributed by atoms with van der Waals surface area (Å²) in [4.78, 5) is 24.4. The molecule has 0 bridgehead atoms. The lowest BCUT2D eigenvalue weighted by atomic mass is 10.1. The molecule has 35 heavy (non-hydrogen) atoms. The maximum atomic E-state index is 13.6. The number of amides is 1. The standard InChI is InChI=1S/C27H29ClN2O4S/c1-3-23-24(28)8-5-9-25(23)30(35(34)22-13-10-19(2)11-14-22)18-26(31)29-17-21-7-4-6-20(16-21)12-15-27(32)33/h4-11,13-14,16H,3,12,15,17-18H2,1-2H3,(H,29,31)(H,32,33). The fraction of sp³-hybridized carbons (Fsp3) is 0.259. The number of nitrogens with zero attached hydrogens (tertiary/aromatic N) is 1. The minimum Gasteiger partial charge on any atom is -0.481 e. The lowest BCUT2D eigenvalue weighted by molar-refractivity contribution is -0.137. The Morgan fingerprint density at radius 1 is 1.03 bits per heavy atom. The Kier molecular flexibility index (Phi) is 9.46. The average Bonchev–Trinajstić information content (AvgIpc) is 2.85.